The van der Waals surface area contributed by atoms with Gasteiger partial charge >= 0.3 is 0 Å². The highest BCUT2D eigenvalue weighted by Gasteiger charge is 2.43. The van der Waals surface area contributed by atoms with Gasteiger partial charge < -0.3 is 4.90 Å². The SMILES string of the molecule is O=C(CC1(CS)CC1)N1CCSCC1. The number of carbonyl (C=O) groups excluding carboxylic acids is 1. The van der Waals surface area contributed by atoms with Gasteiger partial charge in [0.15, 0.2) is 0 Å². The molecule has 0 spiro atoms. The molecule has 1 saturated carbocycles. The molecule has 0 unspecified atom stereocenters. The number of thiol groups is 1. The van der Waals surface area contributed by atoms with Gasteiger partial charge in [-0.1, -0.05) is 0 Å². The van der Waals surface area contributed by atoms with Crippen molar-refractivity contribution in [1.82, 2.24) is 4.90 Å². The van der Waals surface area contributed by atoms with Crippen molar-refractivity contribution in [1.29, 1.82) is 0 Å². The minimum Gasteiger partial charge on any atom is -0.341 e. The van der Waals surface area contributed by atoms with Crippen LogP contribution in [0.3, 0.4) is 0 Å². The maximum Gasteiger partial charge on any atom is 0.223 e. The third kappa shape index (κ3) is 2.40. The van der Waals surface area contributed by atoms with Crippen LogP contribution in [0.2, 0.25) is 0 Å². The number of hydrogen-bond acceptors (Lipinski definition) is 3. The summed E-state index contributed by atoms with van der Waals surface area (Å²) in [5.41, 5.74) is 0.283. The van der Waals surface area contributed by atoms with Crippen LogP contribution in [0.5, 0.6) is 0 Å². The van der Waals surface area contributed by atoms with E-state index in [1.165, 1.54) is 12.8 Å². The Balaban J connectivity index is 1.82. The second kappa shape index (κ2) is 4.35. The van der Waals surface area contributed by atoms with E-state index in [1.54, 1.807) is 0 Å². The van der Waals surface area contributed by atoms with E-state index in [4.69, 9.17) is 0 Å². The number of thioether (sulfide) groups is 1. The van der Waals surface area contributed by atoms with Crippen molar-refractivity contribution in [2.24, 2.45) is 5.41 Å². The average molecular weight is 231 g/mol. The molecule has 1 amide bonds. The van der Waals surface area contributed by atoms with Gasteiger partial charge in [0.05, 0.1) is 0 Å². The minimum atomic E-state index is 0.283. The third-order valence-corrected chi connectivity index (χ3v) is 4.80. The average Bonchev–Trinajstić information content (AvgIpc) is 3.00. The zero-order valence-corrected chi connectivity index (χ0v) is 10.1. The van der Waals surface area contributed by atoms with Crippen LogP contribution in [0.25, 0.3) is 0 Å². The highest BCUT2D eigenvalue weighted by molar-refractivity contribution is 7.99. The van der Waals surface area contributed by atoms with Crippen molar-refractivity contribution in [3.8, 4) is 0 Å². The van der Waals surface area contributed by atoms with E-state index in [-0.39, 0.29) is 5.41 Å². The standard InChI is InChI=1S/C10H17NOS2/c12-9(7-10(8-13)1-2-10)11-3-5-14-6-4-11/h13H,1-8H2. The van der Waals surface area contributed by atoms with E-state index < -0.39 is 0 Å². The molecule has 0 bridgehead atoms. The first-order chi connectivity index (χ1) is 6.76. The molecule has 2 fully saturated rings. The van der Waals surface area contributed by atoms with Gasteiger partial charge in [-0.25, -0.2) is 0 Å². The molecule has 2 rings (SSSR count). The Morgan fingerprint density at radius 3 is 2.50 bits per heavy atom. The molecular weight excluding hydrogens is 214 g/mol. The molecule has 0 N–H and O–H groups in total. The fraction of sp³-hybridized carbons (Fsp3) is 0.900. The molecule has 0 aromatic heterocycles. The van der Waals surface area contributed by atoms with Crippen LogP contribution in [0.4, 0.5) is 0 Å². The van der Waals surface area contributed by atoms with Crippen molar-refractivity contribution >= 4 is 30.3 Å². The molecule has 2 nitrogen and oxygen atoms in total. The first-order valence-corrected chi connectivity index (χ1v) is 7.01. The molecule has 1 aliphatic carbocycles. The second-order valence-electron chi connectivity index (χ2n) is 4.33. The highest BCUT2D eigenvalue weighted by atomic mass is 32.2. The highest BCUT2D eigenvalue weighted by Crippen LogP contribution is 2.49. The fourth-order valence-electron chi connectivity index (χ4n) is 1.81. The van der Waals surface area contributed by atoms with Crippen molar-refractivity contribution in [2.45, 2.75) is 19.3 Å². The quantitative estimate of drug-likeness (QED) is 0.746. The second-order valence-corrected chi connectivity index (χ2v) is 5.87. The summed E-state index contributed by atoms with van der Waals surface area (Å²) < 4.78 is 0. The lowest BCUT2D eigenvalue weighted by Gasteiger charge is -2.27. The summed E-state index contributed by atoms with van der Waals surface area (Å²) in [6.45, 7) is 1.90. The molecule has 14 heavy (non-hydrogen) atoms. The van der Waals surface area contributed by atoms with Crippen molar-refractivity contribution in [2.75, 3.05) is 30.3 Å². The lowest BCUT2D eigenvalue weighted by atomic mass is 10.0. The summed E-state index contributed by atoms with van der Waals surface area (Å²) in [6, 6.07) is 0. The van der Waals surface area contributed by atoms with Crippen LogP contribution in [0, 0.1) is 5.41 Å². The minimum absolute atomic E-state index is 0.283. The first-order valence-electron chi connectivity index (χ1n) is 5.22. The van der Waals surface area contributed by atoms with E-state index in [1.807, 2.05) is 16.7 Å². The number of amides is 1. The molecule has 0 aromatic carbocycles. The summed E-state index contributed by atoms with van der Waals surface area (Å²) in [5.74, 6) is 3.46. The van der Waals surface area contributed by atoms with Gasteiger partial charge in [-0.3, -0.25) is 4.79 Å². The number of nitrogens with zero attached hydrogens (tertiary/aromatic N) is 1. The van der Waals surface area contributed by atoms with E-state index in [0.717, 1.165) is 36.8 Å². The Labute approximate surface area is 95.2 Å². The lowest BCUT2D eigenvalue weighted by molar-refractivity contribution is -0.131. The van der Waals surface area contributed by atoms with Gasteiger partial charge in [-0.2, -0.15) is 24.4 Å². The molecule has 0 radical (unpaired) electrons. The largest absolute Gasteiger partial charge is 0.341 e. The Morgan fingerprint density at radius 1 is 1.36 bits per heavy atom. The van der Waals surface area contributed by atoms with Crippen molar-refractivity contribution in [3.63, 3.8) is 0 Å². The van der Waals surface area contributed by atoms with Gasteiger partial charge in [-0.05, 0) is 24.0 Å². The number of hydrogen-bond donors (Lipinski definition) is 1. The molecule has 2 aliphatic rings. The zero-order valence-electron chi connectivity index (χ0n) is 8.37. The maximum atomic E-state index is 11.9. The predicted molar refractivity (Wildman–Crippen MR) is 64.0 cm³/mol. The van der Waals surface area contributed by atoms with E-state index >= 15 is 0 Å². The predicted octanol–water partition coefficient (Wildman–Crippen LogP) is 1.66. The van der Waals surface area contributed by atoms with Crippen LogP contribution < -0.4 is 0 Å². The van der Waals surface area contributed by atoms with Gasteiger partial charge in [0.1, 0.15) is 0 Å². The Kier molecular flexibility index (Phi) is 3.32. The number of rotatable bonds is 3. The van der Waals surface area contributed by atoms with Crippen molar-refractivity contribution < 1.29 is 4.79 Å². The summed E-state index contributed by atoms with van der Waals surface area (Å²) >= 11 is 6.27. The topological polar surface area (TPSA) is 20.3 Å². The third-order valence-electron chi connectivity index (χ3n) is 3.18. The molecule has 1 heterocycles. The Morgan fingerprint density at radius 2 is 2.00 bits per heavy atom. The molecule has 0 aromatic rings. The maximum absolute atomic E-state index is 11.9. The monoisotopic (exact) mass is 231 g/mol. The van der Waals surface area contributed by atoms with Crippen LogP contribution in [-0.4, -0.2) is 41.2 Å². The first kappa shape index (κ1) is 10.7. The smallest absolute Gasteiger partial charge is 0.223 e. The number of carbonyl (C=O) groups is 1. The van der Waals surface area contributed by atoms with Crippen molar-refractivity contribution in [3.05, 3.63) is 0 Å². The summed E-state index contributed by atoms with van der Waals surface area (Å²) in [4.78, 5) is 13.9. The molecule has 0 atom stereocenters. The summed E-state index contributed by atoms with van der Waals surface area (Å²) in [6.07, 6.45) is 3.14. The molecular formula is C10H17NOS2. The van der Waals surface area contributed by atoms with Crippen LogP contribution >= 0.6 is 24.4 Å². The van der Waals surface area contributed by atoms with Gasteiger partial charge in [0.2, 0.25) is 5.91 Å². The van der Waals surface area contributed by atoms with E-state index in [0.29, 0.717) is 5.91 Å². The van der Waals surface area contributed by atoms with Gasteiger partial charge in [0, 0.05) is 31.0 Å². The Hall–Kier alpha value is 0.170. The van der Waals surface area contributed by atoms with E-state index in [9.17, 15) is 4.79 Å². The van der Waals surface area contributed by atoms with Gasteiger partial charge in [-0.15, -0.1) is 0 Å². The Bertz CT molecular complexity index is 222. The van der Waals surface area contributed by atoms with Crippen LogP contribution in [-0.2, 0) is 4.79 Å². The van der Waals surface area contributed by atoms with Crippen LogP contribution in [0.15, 0.2) is 0 Å². The molecule has 1 saturated heterocycles. The summed E-state index contributed by atoms with van der Waals surface area (Å²) in [5, 5.41) is 0. The molecule has 1 aliphatic heterocycles. The van der Waals surface area contributed by atoms with E-state index in [2.05, 4.69) is 12.6 Å². The van der Waals surface area contributed by atoms with Gasteiger partial charge in [0.25, 0.3) is 0 Å². The zero-order chi connectivity index (χ0) is 10.0. The fourth-order valence-corrected chi connectivity index (χ4v) is 3.14. The molecule has 4 heteroatoms. The van der Waals surface area contributed by atoms with Crippen LogP contribution in [0.1, 0.15) is 19.3 Å². The normalized spacial score (nSPS) is 24.8. The summed E-state index contributed by atoms with van der Waals surface area (Å²) in [7, 11) is 0. The molecule has 80 valence electrons. The lowest BCUT2D eigenvalue weighted by Crippen LogP contribution is -2.39.